The van der Waals surface area contributed by atoms with Crippen LogP contribution in [0.25, 0.3) is 0 Å². The number of rotatable bonds is 7. The highest BCUT2D eigenvalue weighted by Gasteiger charge is 2.67. The molecule has 3 fully saturated rings. The van der Waals surface area contributed by atoms with Gasteiger partial charge in [-0.3, -0.25) is 19.1 Å². The van der Waals surface area contributed by atoms with E-state index >= 15 is 0 Å². The van der Waals surface area contributed by atoms with Gasteiger partial charge >= 0.3 is 5.69 Å². The molecule has 216 valence electrons. The molecule has 2 aliphatic heterocycles. The number of ether oxygens (including phenoxy) is 3. The molecule has 3 aliphatic rings. The average Bonchev–Trinajstić information content (AvgIpc) is 3.65. The predicted molar refractivity (Wildman–Crippen MR) is 155 cm³/mol. The first kappa shape index (κ1) is 28.0. The minimum atomic E-state index is -3.04. The van der Waals surface area contributed by atoms with Crippen LogP contribution in [-0.2, 0) is 23.4 Å². The normalized spacial score (nSPS) is 27.2. The number of nitrogens with zero attached hydrogens (tertiary/aromatic N) is 1. The summed E-state index contributed by atoms with van der Waals surface area (Å²) in [5.74, 6) is -0.838. The fourth-order valence-electron chi connectivity index (χ4n) is 6.80. The van der Waals surface area contributed by atoms with Crippen molar-refractivity contribution in [3.05, 3.63) is 93.8 Å². The Hall–Kier alpha value is -3.15. The zero-order chi connectivity index (χ0) is 28.9. The summed E-state index contributed by atoms with van der Waals surface area (Å²) in [5.41, 5.74) is -2.72. The molecular weight excluding hydrogens is 540 g/mol. The Kier molecular flexibility index (Phi) is 7.02. The molecule has 1 aliphatic carbocycles. The van der Waals surface area contributed by atoms with Gasteiger partial charge in [0.05, 0.1) is 6.61 Å². The van der Waals surface area contributed by atoms with E-state index in [-0.39, 0.29) is 11.6 Å². The molecule has 0 bridgehead atoms. The van der Waals surface area contributed by atoms with Gasteiger partial charge in [-0.15, -0.1) is 0 Å². The van der Waals surface area contributed by atoms with Gasteiger partial charge in [-0.1, -0.05) is 81.4 Å². The zero-order valence-electron chi connectivity index (χ0n) is 23.6. The van der Waals surface area contributed by atoms with Crippen LogP contribution in [0.3, 0.4) is 0 Å². The molecular formula is C31H36N2O7Si. The van der Waals surface area contributed by atoms with E-state index in [0.29, 0.717) is 12.8 Å². The number of aromatic amines is 1. The molecule has 6 rings (SSSR count). The molecule has 2 saturated heterocycles. The third kappa shape index (κ3) is 4.58. The quantitative estimate of drug-likeness (QED) is 0.340. The van der Waals surface area contributed by atoms with Crippen molar-refractivity contribution in [1.29, 1.82) is 0 Å². The fraction of sp³-hybridized carbons (Fsp3) is 0.452. The van der Waals surface area contributed by atoms with Gasteiger partial charge in [-0.25, -0.2) is 4.79 Å². The van der Waals surface area contributed by atoms with Crippen LogP contribution in [0, 0.1) is 0 Å². The molecule has 1 aromatic heterocycles. The van der Waals surface area contributed by atoms with E-state index in [4.69, 9.17) is 18.6 Å². The van der Waals surface area contributed by atoms with Crippen molar-refractivity contribution in [2.75, 3.05) is 6.61 Å². The minimum Gasteiger partial charge on any atom is -0.404 e. The second-order valence-corrected chi connectivity index (χ2v) is 16.6. The van der Waals surface area contributed by atoms with Crippen molar-refractivity contribution in [1.82, 2.24) is 9.55 Å². The zero-order valence-corrected chi connectivity index (χ0v) is 24.6. The maximum atomic E-state index is 13.2. The summed E-state index contributed by atoms with van der Waals surface area (Å²) in [6.07, 6.45) is 2.84. The number of nitrogens with one attached hydrogen (secondary N) is 1. The van der Waals surface area contributed by atoms with Crippen molar-refractivity contribution in [3.63, 3.8) is 0 Å². The van der Waals surface area contributed by atoms with Crippen molar-refractivity contribution in [3.8, 4) is 0 Å². The molecule has 2 aromatic carbocycles. The van der Waals surface area contributed by atoms with E-state index in [0.717, 1.165) is 29.5 Å². The SMILES string of the molecule is CC(C)(C)[Si](OC[C@@]1(C=O)O[C@@H](n2ccc(=O)[nH]c2=O)[C@@H]2OC3(CCCC3)O[C@@H]21)(c1ccccc1)c1ccccc1. The second-order valence-electron chi connectivity index (χ2n) is 12.3. The Balaban J connectivity index is 1.44. The summed E-state index contributed by atoms with van der Waals surface area (Å²) >= 11 is 0. The monoisotopic (exact) mass is 576 g/mol. The van der Waals surface area contributed by atoms with Gasteiger partial charge < -0.3 is 18.6 Å². The van der Waals surface area contributed by atoms with E-state index in [1.165, 1.54) is 16.8 Å². The third-order valence-corrected chi connectivity index (χ3v) is 13.7. The summed E-state index contributed by atoms with van der Waals surface area (Å²) in [6.45, 7) is 6.39. The molecule has 3 aromatic rings. The fourth-order valence-corrected chi connectivity index (χ4v) is 11.4. The smallest absolute Gasteiger partial charge is 0.330 e. The van der Waals surface area contributed by atoms with Crippen LogP contribution in [0.1, 0.15) is 52.7 Å². The van der Waals surface area contributed by atoms with E-state index in [9.17, 15) is 14.4 Å². The number of benzene rings is 2. The Labute approximate surface area is 239 Å². The Morgan fingerprint density at radius 2 is 1.56 bits per heavy atom. The lowest BCUT2D eigenvalue weighted by atomic mass is 9.98. The molecule has 4 atom stereocenters. The number of carbonyl (C=O) groups excluding carboxylic acids is 1. The second kappa shape index (κ2) is 10.3. The van der Waals surface area contributed by atoms with Crippen LogP contribution in [-0.4, -0.2) is 54.4 Å². The Morgan fingerprint density at radius 1 is 0.951 bits per heavy atom. The lowest BCUT2D eigenvalue weighted by Crippen LogP contribution is -2.68. The largest absolute Gasteiger partial charge is 0.404 e. The van der Waals surface area contributed by atoms with Gasteiger partial charge in [0.25, 0.3) is 13.9 Å². The topological polar surface area (TPSA) is 109 Å². The number of carbonyl (C=O) groups is 1. The molecule has 1 saturated carbocycles. The summed E-state index contributed by atoms with van der Waals surface area (Å²) in [4.78, 5) is 40.1. The average molecular weight is 577 g/mol. The first-order valence-electron chi connectivity index (χ1n) is 14.2. The summed E-state index contributed by atoms with van der Waals surface area (Å²) < 4.78 is 28.0. The van der Waals surface area contributed by atoms with Crippen LogP contribution in [0.15, 0.2) is 82.5 Å². The Bertz CT molecular complexity index is 1470. The number of H-pyrrole nitrogens is 1. The van der Waals surface area contributed by atoms with Gasteiger partial charge in [0.1, 0.15) is 12.2 Å². The van der Waals surface area contributed by atoms with Crippen molar-refractivity contribution >= 4 is 25.0 Å². The summed E-state index contributed by atoms with van der Waals surface area (Å²) in [6, 6.07) is 21.6. The molecule has 3 heterocycles. The third-order valence-electron chi connectivity index (χ3n) is 8.72. The minimum absolute atomic E-state index is 0.0982. The van der Waals surface area contributed by atoms with Crippen molar-refractivity contribution < 1.29 is 23.4 Å². The lowest BCUT2D eigenvalue weighted by Gasteiger charge is -2.44. The van der Waals surface area contributed by atoms with Gasteiger partial charge in [0.15, 0.2) is 23.9 Å². The number of hydrogen-bond donors (Lipinski definition) is 1. The number of hydrogen-bond acceptors (Lipinski definition) is 7. The van der Waals surface area contributed by atoms with Crippen LogP contribution in [0.2, 0.25) is 5.04 Å². The highest BCUT2D eigenvalue weighted by molar-refractivity contribution is 6.99. The molecule has 10 heteroatoms. The van der Waals surface area contributed by atoms with Gasteiger partial charge in [0, 0.05) is 25.1 Å². The standard InChI is InChI=1S/C31H36N2O7Si/c1-29(2,3)41(22-12-6-4-7-13-22,23-14-8-5-9-15-23)37-21-30(20-34)26-25(38-31(39-26)17-10-11-18-31)27(40-30)33-19-16-24(35)32-28(33)36/h4-9,12-16,19-20,25-27H,10-11,17-18,21H2,1-3H3,(H,32,35,36)/t25-,26+,27-,30-/m1/s1. The van der Waals surface area contributed by atoms with Gasteiger partial charge in [-0.05, 0) is 28.3 Å². The summed E-state index contributed by atoms with van der Waals surface area (Å²) in [5, 5.41) is 1.81. The maximum Gasteiger partial charge on any atom is 0.330 e. The highest BCUT2D eigenvalue weighted by atomic mass is 28.4. The summed E-state index contributed by atoms with van der Waals surface area (Å²) in [7, 11) is -3.04. The molecule has 9 nitrogen and oxygen atoms in total. The number of fused-ring (bicyclic) bond motifs is 1. The van der Waals surface area contributed by atoms with Crippen LogP contribution < -0.4 is 21.6 Å². The first-order valence-corrected chi connectivity index (χ1v) is 16.1. The van der Waals surface area contributed by atoms with E-state index in [1.807, 2.05) is 36.4 Å². The number of aromatic nitrogens is 2. The highest BCUT2D eigenvalue weighted by Crippen LogP contribution is 2.52. The number of aldehydes is 1. The first-order chi connectivity index (χ1) is 19.6. The van der Waals surface area contributed by atoms with E-state index < -0.39 is 49.4 Å². The molecule has 0 unspecified atom stereocenters. The lowest BCUT2D eigenvalue weighted by molar-refractivity contribution is -0.232. The molecule has 0 radical (unpaired) electrons. The molecule has 0 amide bonds. The van der Waals surface area contributed by atoms with Crippen LogP contribution >= 0.6 is 0 Å². The van der Waals surface area contributed by atoms with E-state index in [1.54, 1.807) is 0 Å². The predicted octanol–water partition coefficient (Wildman–Crippen LogP) is 2.63. The van der Waals surface area contributed by atoms with Crippen molar-refractivity contribution in [2.45, 2.75) is 81.3 Å². The van der Waals surface area contributed by atoms with Crippen LogP contribution in [0.5, 0.6) is 0 Å². The van der Waals surface area contributed by atoms with Crippen LogP contribution in [0.4, 0.5) is 0 Å². The van der Waals surface area contributed by atoms with Gasteiger partial charge in [-0.2, -0.15) is 0 Å². The maximum absolute atomic E-state index is 13.2. The Morgan fingerprint density at radius 3 is 2.10 bits per heavy atom. The molecule has 41 heavy (non-hydrogen) atoms. The van der Waals surface area contributed by atoms with E-state index in [2.05, 4.69) is 50.0 Å². The van der Waals surface area contributed by atoms with Crippen molar-refractivity contribution in [2.24, 2.45) is 0 Å². The molecule has 1 N–H and O–H groups in total. The van der Waals surface area contributed by atoms with Gasteiger partial charge in [0.2, 0.25) is 0 Å². The molecule has 1 spiro atoms.